The molecule has 0 unspecified atom stereocenters. The molecule has 3 heterocycles. The lowest BCUT2D eigenvalue weighted by molar-refractivity contribution is 1.08. The number of hydrogen-bond acceptors (Lipinski definition) is 6. The van der Waals surface area contributed by atoms with Gasteiger partial charge < -0.3 is 11.1 Å². The van der Waals surface area contributed by atoms with Crippen molar-refractivity contribution in [3.05, 3.63) is 89.5 Å². The molecular formula is C24H19N5S. The maximum atomic E-state index is 6.21. The zero-order valence-corrected chi connectivity index (χ0v) is 16.9. The molecule has 3 aromatic heterocycles. The Hall–Kier alpha value is -3.77. The van der Waals surface area contributed by atoms with Gasteiger partial charge in [-0.15, -0.1) is 0 Å². The van der Waals surface area contributed by atoms with Crippen molar-refractivity contribution in [3.63, 3.8) is 0 Å². The van der Waals surface area contributed by atoms with Gasteiger partial charge in [0.15, 0.2) is 0 Å². The first kappa shape index (κ1) is 18.3. The largest absolute Gasteiger partial charge is 0.383 e. The highest BCUT2D eigenvalue weighted by Gasteiger charge is 2.11. The van der Waals surface area contributed by atoms with E-state index in [4.69, 9.17) is 5.73 Å². The van der Waals surface area contributed by atoms with E-state index in [0.29, 0.717) is 12.4 Å². The minimum Gasteiger partial charge on any atom is -0.383 e. The summed E-state index contributed by atoms with van der Waals surface area (Å²) in [5.74, 6) is 1.30. The molecule has 0 bridgehead atoms. The lowest BCUT2D eigenvalue weighted by atomic mass is 9.99. The third kappa shape index (κ3) is 3.60. The molecule has 0 saturated heterocycles. The van der Waals surface area contributed by atoms with Crippen LogP contribution in [-0.2, 0) is 6.54 Å². The lowest BCUT2D eigenvalue weighted by Crippen LogP contribution is -2.02. The van der Waals surface area contributed by atoms with Crippen LogP contribution in [0.15, 0.2) is 83.9 Å². The summed E-state index contributed by atoms with van der Waals surface area (Å²) in [7, 11) is 0. The number of nitrogen functional groups attached to an aromatic ring is 1. The highest BCUT2D eigenvalue weighted by molar-refractivity contribution is 7.08. The molecule has 5 rings (SSSR count). The van der Waals surface area contributed by atoms with Gasteiger partial charge in [-0.3, -0.25) is 0 Å². The van der Waals surface area contributed by atoms with Gasteiger partial charge in [0, 0.05) is 35.3 Å². The van der Waals surface area contributed by atoms with Crippen molar-refractivity contribution >= 4 is 33.7 Å². The summed E-state index contributed by atoms with van der Waals surface area (Å²) in [6.07, 6.45) is 3.42. The van der Waals surface area contributed by atoms with Gasteiger partial charge in [-0.1, -0.05) is 42.5 Å². The van der Waals surface area contributed by atoms with E-state index in [0.717, 1.165) is 39.0 Å². The molecule has 6 heteroatoms. The van der Waals surface area contributed by atoms with Gasteiger partial charge in [0.25, 0.3) is 0 Å². The van der Waals surface area contributed by atoms with Crippen LogP contribution in [-0.4, -0.2) is 15.0 Å². The summed E-state index contributed by atoms with van der Waals surface area (Å²) in [5.41, 5.74) is 11.5. The third-order valence-corrected chi connectivity index (χ3v) is 5.71. The van der Waals surface area contributed by atoms with Gasteiger partial charge in [-0.05, 0) is 39.4 Å². The summed E-state index contributed by atoms with van der Waals surface area (Å²) in [5, 5.41) is 9.56. The summed E-state index contributed by atoms with van der Waals surface area (Å²) in [6, 6.07) is 20.5. The fourth-order valence-electron chi connectivity index (χ4n) is 3.47. The average molecular weight is 410 g/mol. The molecule has 2 aromatic carbocycles. The number of thiophene rings is 1. The average Bonchev–Trinajstić information content (AvgIpc) is 3.33. The molecule has 5 nitrogen and oxygen atoms in total. The Labute approximate surface area is 178 Å². The number of benzene rings is 2. The van der Waals surface area contributed by atoms with Crippen molar-refractivity contribution in [1.82, 2.24) is 15.0 Å². The van der Waals surface area contributed by atoms with E-state index in [1.54, 1.807) is 17.7 Å². The number of aromatic nitrogens is 3. The first-order chi connectivity index (χ1) is 14.8. The number of nitrogens with zero attached hydrogens (tertiary/aromatic N) is 3. The second kappa shape index (κ2) is 7.93. The summed E-state index contributed by atoms with van der Waals surface area (Å²) in [4.78, 5) is 13.2. The predicted molar refractivity (Wildman–Crippen MR) is 124 cm³/mol. The van der Waals surface area contributed by atoms with Crippen LogP contribution >= 0.6 is 11.3 Å². The SMILES string of the molecule is Nc1ncc(-c2ccsc2)c2ccc(-c3cc(NCc4ccccc4)ncn3)cc12. The molecule has 0 saturated carbocycles. The van der Waals surface area contributed by atoms with Crippen molar-refractivity contribution in [3.8, 4) is 22.4 Å². The van der Waals surface area contributed by atoms with Crippen molar-refractivity contribution in [2.45, 2.75) is 6.54 Å². The van der Waals surface area contributed by atoms with Crippen molar-refractivity contribution in [2.24, 2.45) is 0 Å². The molecule has 0 aliphatic carbocycles. The van der Waals surface area contributed by atoms with Gasteiger partial charge >= 0.3 is 0 Å². The number of hydrogen-bond donors (Lipinski definition) is 2. The Kier molecular flexibility index (Phi) is 4.83. The van der Waals surface area contributed by atoms with Crippen LogP contribution in [0.1, 0.15) is 5.56 Å². The van der Waals surface area contributed by atoms with Crippen LogP contribution in [0.3, 0.4) is 0 Å². The maximum Gasteiger partial charge on any atom is 0.131 e. The number of nitrogens with one attached hydrogen (secondary N) is 1. The number of rotatable bonds is 5. The van der Waals surface area contributed by atoms with Gasteiger partial charge in [-0.2, -0.15) is 11.3 Å². The van der Waals surface area contributed by atoms with Crippen molar-refractivity contribution < 1.29 is 0 Å². The smallest absolute Gasteiger partial charge is 0.131 e. The van der Waals surface area contributed by atoms with E-state index < -0.39 is 0 Å². The Morgan fingerprint density at radius 3 is 2.60 bits per heavy atom. The van der Waals surface area contributed by atoms with Crippen LogP contribution in [0.2, 0.25) is 0 Å². The van der Waals surface area contributed by atoms with E-state index in [-0.39, 0.29) is 0 Å². The first-order valence-electron chi connectivity index (χ1n) is 9.59. The lowest BCUT2D eigenvalue weighted by Gasteiger charge is -2.10. The Morgan fingerprint density at radius 1 is 0.867 bits per heavy atom. The molecule has 0 atom stereocenters. The van der Waals surface area contributed by atoms with E-state index in [1.807, 2.05) is 30.5 Å². The molecule has 5 aromatic rings. The summed E-state index contributed by atoms with van der Waals surface area (Å²) >= 11 is 1.67. The zero-order chi connectivity index (χ0) is 20.3. The van der Waals surface area contributed by atoms with Crippen LogP contribution in [0.5, 0.6) is 0 Å². The monoisotopic (exact) mass is 409 g/mol. The van der Waals surface area contributed by atoms with Crippen LogP contribution < -0.4 is 11.1 Å². The van der Waals surface area contributed by atoms with Gasteiger partial charge in [0.1, 0.15) is 18.0 Å². The zero-order valence-electron chi connectivity index (χ0n) is 16.1. The van der Waals surface area contributed by atoms with Crippen LogP contribution in [0.25, 0.3) is 33.2 Å². The predicted octanol–water partition coefficient (Wildman–Crippen LogP) is 5.61. The quantitative estimate of drug-likeness (QED) is 0.394. The second-order valence-electron chi connectivity index (χ2n) is 6.96. The van der Waals surface area contributed by atoms with Gasteiger partial charge in [-0.25, -0.2) is 15.0 Å². The molecule has 0 radical (unpaired) electrons. The van der Waals surface area contributed by atoms with Crippen molar-refractivity contribution in [2.75, 3.05) is 11.1 Å². The van der Waals surface area contributed by atoms with Crippen LogP contribution in [0, 0.1) is 0 Å². The topological polar surface area (TPSA) is 76.7 Å². The number of pyridine rings is 1. The summed E-state index contributed by atoms with van der Waals surface area (Å²) < 4.78 is 0. The molecule has 30 heavy (non-hydrogen) atoms. The minimum atomic E-state index is 0.516. The first-order valence-corrected chi connectivity index (χ1v) is 10.5. The Balaban J connectivity index is 1.48. The van der Waals surface area contributed by atoms with Crippen molar-refractivity contribution in [1.29, 1.82) is 0 Å². The molecule has 0 fully saturated rings. The van der Waals surface area contributed by atoms with Gasteiger partial charge in [0.05, 0.1) is 5.69 Å². The molecule has 0 spiro atoms. The van der Waals surface area contributed by atoms with Gasteiger partial charge in [0.2, 0.25) is 0 Å². The molecular weight excluding hydrogens is 390 g/mol. The van der Waals surface area contributed by atoms with Crippen LogP contribution in [0.4, 0.5) is 11.6 Å². The molecule has 0 aliphatic rings. The Bertz CT molecular complexity index is 1300. The minimum absolute atomic E-state index is 0.516. The normalized spacial score (nSPS) is 10.9. The number of anilines is 2. The standard InChI is InChI=1S/C24H19N5S/c25-24-20-10-17(6-7-19(20)21(13-27-24)18-8-9-30-14-18)22-11-23(29-15-28-22)26-12-16-4-2-1-3-5-16/h1-11,13-15H,12H2,(H2,25,27)(H,26,28,29). The fraction of sp³-hybridized carbons (Fsp3) is 0.0417. The number of nitrogens with two attached hydrogens (primary N) is 1. The highest BCUT2D eigenvalue weighted by atomic mass is 32.1. The molecule has 0 amide bonds. The summed E-state index contributed by atoms with van der Waals surface area (Å²) in [6.45, 7) is 0.704. The Morgan fingerprint density at radius 2 is 1.77 bits per heavy atom. The van der Waals surface area contributed by atoms with E-state index in [1.165, 1.54) is 5.56 Å². The molecule has 3 N–H and O–H groups in total. The second-order valence-corrected chi connectivity index (χ2v) is 7.74. The third-order valence-electron chi connectivity index (χ3n) is 5.03. The number of fused-ring (bicyclic) bond motifs is 1. The van der Waals surface area contributed by atoms with E-state index >= 15 is 0 Å². The molecule has 0 aliphatic heterocycles. The maximum absolute atomic E-state index is 6.21. The van der Waals surface area contributed by atoms with E-state index in [2.05, 4.69) is 67.4 Å². The highest BCUT2D eigenvalue weighted by Crippen LogP contribution is 2.34. The van der Waals surface area contributed by atoms with E-state index in [9.17, 15) is 0 Å². The molecule has 146 valence electrons. The fourth-order valence-corrected chi connectivity index (χ4v) is 4.13.